The first-order valence-electron chi connectivity index (χ1n) is 6.31. The third-order valence-electron chi connectivity index (χ3n) is 3.04. The lowest BCUT2D eigenvalue weighted by Gasteiger charge is -2.15. The molecular formula is C13H19ClN4OS. The molecule has 2 rings (SSSR count). The molecule has 0 unspecified atom stereocenters. The van der Waals surface area contributed by atoms with Gasteiger partial charge < -0.3 is 9.42 Å². The van der Waals surface area contributed by atoms with Crippen LogP contribution in [0.2, 0.25) is 5.15 Å². The molecule has 0 spiro atoms. The molecule has 2 aromatic heterocycles. The normalized spacial score (nSPS) is 11.3. The van der Waals surface area contributed by atoms with Crippen LogP contribution >= 0.6 is 22.9 Å². The number of aryl methyl sites for hydroxylation is 2. The van der Waals surface area contributed by atoms with Gasteiger partial charge in [-0.2, -0.15) is 0 Å². The maximum atomic E-state index is 6.19. The van der Waals surface area contributed by atoms with E-state index in [0.29, 0.717) is 5.15 Å². The Bertz CT molecular complexity index is 574. The summed E-state index contributed by atoms with van der Waals surface area (Å²) in [5, 5.41) is 5.49. The van der Waals surface area contributed by atoms with Crippen LogP contribution < -0.4 is 4.90 Å². The highest BCUT2D eigenvalue weighted by atomic mass is 35.5. The van der Waals surface area contributed by atoms with Gasteiger partial charge in [-0.3, -0.25) is 4.90 Å². The number of aromatic nitrogens is 2. The van der Waals surface area contributed by atoms with Gasteiger partial charge in [0, 0.05) is 32.7 Å². The van der Waals surface area contributed by atoms with Crippen molar-refractivity contribution in [3.63, 3.8) is 0 Å². The largest absolute Gasteiger partial charge is 0.361 e. The van der Waals surface area contributed by atoms with Gasteiger partial charge in [-0.05, 0) is 20.9 Å². The number of thiazole rings is 1. The van der Waals surface area contributed by atoms with E-state index in [9.17, 15) is 0 Å². The van der Waals surface area contributed by atoms with Gasteiger partial charge in [0.2, 0.25) is 0 Å². The van der Waals surface area contributed by atoms with Crippen LogP contribution in [-0.4, -0.2) is 36.2 Å². The predicted octanol–water partition coefficient (Wildman–Crippen LogP) is 3.10. The van der Waals surface area contributed by atoms with Crippen molar-refractivity contribution in [3.05, 3.63) is 27.0 Å². The van der Waals surface area contributed by atoms with E-state index in [-0.39, 0.29) is 0 Å². The Labute approximate surface area is 128 Å². The maximum absolute atomic E-state index is 6.19. The molecule has 2 heterocycles. The van der Waals surface area contributed by atoms with Gasteiger partial charge in [0.25, 0.3) is 0 Å². The SMILES string of the molecule is Cc1noc(C)c1CN(C)Cc1sc(N(C)C)nc1Cl. The standard InChI is InChI=1S/C13H19ClN4OS/c1-8-10(9(2)19-16-8)6-18(5)7-11-12(14)15-13(20-11)17(3)4/h6-7H2,1-5H3. The molecule has 5 nitrogen and oxygen atoms in total. The summed E-state index contributed by atoms with van der Waals surface area (Å²) in [6.45, 7) is 5.44. The molecule has 0 fully saturated rings. The molecule has 0 saturated heterocycles. The Morgan fingerprint density at radius 3 is 2.40 bits per heavy atom. The van der Waals surface area contributed by atoms with E-state index in [4.69, 9.17) is 16.1 Å². The first-order valence-corrected chi connectivity index (χ1v) is 7.50. The van der Waals surface area contributed by atoms with E-state index in [1.165, 1.54) is 0 Å². The molecule has 0 atom stereocenters. The fourth-order valence-corrected chi connectivity index (χ4v) is 3.17. The molecule has 110 valence electrons. The lowest BCUT2D eigenvalue weighted by Crippen LogP contribution is -2.17. The summed E-state index contributed by atoms with van der Waals surface area (Å²) < 4.78 is 5.19. The summed E-state index contributed by atoms with van der Waals surface area (Å²) in [6.07, 6.45) is 0. The van der Waals surface area contributed by atoms with E-state index in [2.05, 4.69) is 22.1 Å². The first kappa shape index (κ1) is 15.3. The average Bonchev–Trinajstić information content (AvgIpc) is 2.87. The molecule has 0 radical (unpaired) electrons. The van der Waals surface area contributed by atoms with Gasteiger partial charge in [0.05, 0.1) is 10.6 Å². The van der Waals surface area contributed by atoms with Crippen LogP contribution in [0.5, 0.6) is 0 Å². The Balaban J connectivity index is 2.06. The molecule has 7 heteroatoms. The van der Waals surface area contributed by atoms with Crippen molar-refractivity contribution in [2.24, 2.45) is 0 Å². The summed E-state index contributed by atoms with van der Waals surface area (Å²) >= 11 is 7.81. The zero-order chi connectivity index (χ0) is 14.9. The predicted molar refractivity (Wildman–Crippen MR) is 82.6 cm³/mol. The van der Waals surface area contributed by atoms with Crippen LogP contribution in [0.1, 0.15) is 21.9 Å². The number of hydrogen-bond donors (Lipinski definition) is 0. The summed E-state index contributed by atoms with van der Waals surface area (Å²) in [5.74, 6) is 0.874. The monoisotopic (exact) mass is 314 g/mol. The number of nitrogens with zero attached hydrogens (tertiary/aromatic N) is 4. The molecule has 2 aromatic rings. The van der Waals surface area contributed by atoms with Crippen LogP contribution in [-0.2, 0) is 13.1 Å². The highest BCUT2D eigenvalue weighted by Gasteiger charge is 2.15. The average molecular weight is 315 g/mol. The third kappa shape index (κ3) is 3.31. The molecule has 0 aliphatic rings. The zero-order valence-corrected chi connectivity index (χ0v) is 14.0. The van der Waals surface area contributed by atoms with E-state index in [0.717, 1.165) is 40.1 Å². The van der Waals surface area contributed by atoms with Crippen LogP contribution in [0, 0.1) is 13.8 Å². The molecule has 20 heavy (non-hydrogen) atoms. The Hall–Kier alpha value is -1.11. The molecule has 0 N–H and O–H groups in total. The number of anilines is 1. The zero-order valence-electron chi connectivity index (χ0n) is 12.4. The van der Waals surface area contributed by atoms with Crippen LogP contribution in [0.15, 0.2) is 4.52 Å². The van der Waals surface area contributed by atoms with Crippen LogP contribution in [0.4, 0.5) is 5.13 Å². The minimum Gasteiger partial charge on any atom is -0.361 e. The van der Waals surface area contributed by atoms with Gasteiger partial charge in [0.1, 0.15) is 10.9 Å². The second-order valence-electron chi connectivity index (χ2n) is 5.08. The summed E-state index contributed by atoms with van der Waals surface area (Å²) in [5.41, 5.74) is 2.08. The minimum atomic E-state index is 0.587. The fourth-order valence-electron chi connectivity index (χ4n) is 1.91. The van der Waals surface area contributed by atoms with Gasteiger partial charge in [-0.25, -0.2) is 4.98 Å². The lowest BCUT2D eigenvalue weighted by molar-refractivity contribution is 0.317. The van der Waals surface area contributed by atoms with Crippen molar-refractivity contribution in [1.82, 2.24) is 15.0 Å². The van der Waals surface area contributed by atoms with Gasteiger partial charge in [-0.15, -0.1) is 0 Å². The van der Waals surface area contributed by atoms with E-state index in [1.54, 1.807) is 11.3 Å². The second-order valence-corrected chi connectivity index (χ2v) is 6.50. The number of halogens is 1. The molecule has 0 saturated carbocycles. The minimum absolute atomic E-state index is 0.587. The number of rotatable bonds is 5. The van der Waals surface area contributed by atoms with Gasteiger partial charge in [-0.1, -0.05) is 28.1 Å². The maximum Gasteiger partial charge on any atom is 0.186 e. The smallest absolute Gasteiger partial charge is 0.186 e. The molecular weight excluding hydrogens is 296 g/mol. The van der Waals surface area contributed by atoms with Crippen molar-refractivity contribution in [2.75, 3.05) is 26.0 Å². The van der Waals surface area contributed by atoms with Crippen molar-refractivity contribution in [2.45, 2.75) is 26.9 Å². The van der Waals surface area contributed by atoms with Crippen molar-refractivity contribution in [1.29, 1.82) is 0 Å². The van der Waals surface area contributed by atoms with Crippen LogP contribution in [0.25, 0.3) is 0 Å². The lowest BCUT2D eigenvalue weighted by atomic mass is 10.2. The van der Waals surface area contributed by atoms with Gasteiger partial charge >= 0.3 is 0 Å². The summed E-state index contributed by atoms with van der Waals surface area (Å²) in [7, 11) is 5.98. The Morgan fingerprint density at radius 2 is 1.90 bits per heavy atom. The first-order chi connectivity index (χ1) is 9.38. The molecule has 0 bridgehead atoms. The van der Waals surface area contributed by atoms with E-state index >= 15 is 0 Å². The fraction of sp³-hybridized carbons (Fsp3) is 0.538. The molecule has 0 amide bonds. The van der Waals surface area contributed by atoms with E-state index < -0.39 is 0 Å². The Kier molecular flexibility index (Phi) is 4.67. The Morgan fingerprint density at radius 1 is 1.20 bits per heavy atom. The topological polar surface area (TPSA) is 45.4 Å². The molecule has 0 aliphatic carbocycles. The van der Waals surface area contributed by atoms with Crippen molar-refractivity contribution < 1.29 is 4.52 Å². The molecule has 0 aliphatic heterocycles. The summed E-state index contributed by atoms with van der Waals surface area (Å²) in [4.78, 5) is 9.57. The highest BCUT2D eigenvalue weighted by molar-refractivity contribution is 7.16. The second kappa shape index (κ2) is 6.11. The highest BCUT2D eigenvalue weighted by Crippen LogP contribution is 2.29. The van der Waals surface area contributed by atoms with E-state index in [1.807, 2.05) is 32.8 Å². The molecule has 0 aromatic carbocycles. The van der Waals surface area contributed by atoms with Crippen molar-refractivity contribution >= 4 is 28.1 Å². The third-order valence-corrected chi connectivity index (χ3v) is 4.68. The number of hydrogen-bond acceptors (Lipinski definition) is 6. The van der Waals surface area contributed by atoms with Crippen molar-refractivity contribution in [3.8, 4) is 0 Å². The van der Waals surface area contributed by atoms with Crippen LogP contribution in [0.3, 0.4) is 0 Å². The quantitative estimate of drug-likeness (QED) is 0.848. The van der Waals surface area contributed by atoms with Gasteiger partial charge in [0.15, 0.2) is 5.13 Å². The summed E-state index contributed by atoms with van der Waals surface area (Å²) in [6, 6.07) is 0.